The largest absolute Gasteiger partial charge is 0.484 e. The Hall–Kier alpha value is -2.06. The lowest BCUT2D eigenvalue weighted by Gasteiger charge is -2.08. The third kappa shape index (κ3) is 3.24. The molecular formula is C13H13ClN4O. The average molecular weight is 277 g/mol. The summed E-state index contributed by atoms with van der Waals surface area (Å²) in [6.45, 7) is 3.12. The maximum atomic E-state index is 9.00. The summed E-state index contributed by atoms with van der Waals surface area (Å²) in [6, 6.07) is 6.98. The lowest BCUT2D eigenvalue weighted by molar-refractivity contribution is 0.285. The molecule has 1 aromatic heterocycles. The van der Waals surface area contributed by atoms with Crippen molar-refractivity contribution >= 4 is 11.6 Å². The number of rotatable bonds is 5. The SMILES string of the molecule is CCCn1ncnc1COc1cc(Cl)ccc1C#N. The van der Waals surface area contributed by atoms with Crippen LogP contribution < -0.4 is 4.74 Å². The summed E-state index contributed by atoms with van der Waals surface area (Å²) in [7, 11) is 0. The Balaban J connectivity index is 2.12. The van der Waals surface area contributed by atoms with Gasteiger partial charge in [-0.05, 0) is 18.6 Å². The fourth-order valence-corrected chi connectivity index (χ4v) is 1.81. The molecule has 5 nitrogen and oxygen atoms in total. The average Bonchev–Trinajstić information content (AvgIpc) is 2.84. The zero-order valence-electron chi connectivity index (χ0n) is 10.5. The van der Waals surface area contributed by atoms with Crippen LogP contribution in [0.25, 0.3) is 0 Å². The van der Waals surface area contributed by atoms with Crippen molar-refractivity contribution in [2.75, 3.05) is 0 Å². The molecule has 0 saturated carbocycles. The van der Waals surface area contributed by atoms with E-state index in [1.54, 1.807) is 22.9 Å². The fraction of sp³-hybridized carbons (Fsp3) is 0.308. The van der Waals surface area contributed by atoms with Crippen molar-refractivity contribution in [1.29, 1.82) is 5.26 Å². The molecule has 1 aromatic carbocycles. The molecule has 19 heavy (non-hydrogen) atoms. The van der Waals surface area contributed by atoms with Crippen LogP contribution in [0.2, 0.25) is 5.02 Å². The quantitative estimate of drug-likeness (QED) is 0.842. The van der Waals surface area contributed by atoms with Gasteiger partial charge >= 0.3 is 0 Å². The van der Waals surface area contributed by atoms with Gasteiger partial charge in [-0.2, -0.15) is 10.4 Å². The molecule has 0 unspecified atom stereocenters. The van der Waals surface area contributed by atoms with Crippen LogP contribution in [-0.4, -0.2) is 14.8 Å². The van der Waals surface area contributed by atoms with Crippen LogP contribution in [-0.2, 0) is 13.2 Å². The number of hydrogen-bond acceptors (Lipinski definition) is 4. The Morgan fingerprint density at radius 3 is 3.05 bits per heavy atom. The summed E-state index contributed by atoms with van der Waals surface area (Å²) in [5.74, 6) is 1.19. The smallest absolute Gasteiger partial charge is 0.164 e. The van der Waals surface area contributed by atoms with Crippen LogP contribution in [0.5, 0.6) is 5.75 Å². The molecule has 0 spiro atoms. The highest BCUT2D eigenvalue weighted by Crippen LogP contribution is 2.23. The second-order valence-electron chi connectivity index (χ2n) is 3.94. The third-order valence-electron chi connectivity index (χ3n) is 2.55. The van der Waals surface area contributed by atoms with Crippen LogP contribution >= 0.6 is 11.6 Å². The van der Waals surface area contributed by atoms with Gasteiger partial charge in [0.15, 0.2) is 5.82 Å². The predicted octanol–water partition coefficient (Wildman–Crippen LogP) is 2.79. The Labute approximate surface area is 116 Å². The third-order valence-corrected chi connectivity index (χ3v) is 2.79. The number of nitrogens with zero attached hydrogens (tertiary/aromatic N) is 4. The van der Waals surface area contributed by atoms with Crippen LogP contribution in [0.1, 0.15) is 24.7 Å². The van der Waals surface area contributed by atoms with E-state index in [9.17, 15) is 0 Å². The van der Waals surface area contributed by atoms with Crippen LogP contribution in [0.3, 0.4) is 0 Å². The highest BCUT2D eigenvalue weighted by atomic mass is 35.5. The molecular weight excluding hydrogens is 264 g/mol. The second-order valence-corrected chi connectivity index (χ2v) is 4.38. The van der Waals surface area contributed by atoms with Crippen molar-refractivity contribution in [1.82, 2.24) is 14.8 Å². The van der Waals surface area contributed by atoms with E-state index in [0.717, 1.165) is 18.8 Å². The minimum absolute atomic E-state index is 0.259. The van der Waals surface area contributed by atoms with Crippen molar-refractivity contribution in [3.8, 4) is 11.8 Å². The van der Waals surface area contributed by atoms with E-state index in [-0.39, 0.29) is 6.61 Å². The number of halogens is 1. The van der Waals surface area contributed by atoms with Gasteiger partial charge in [0.1, 0.15) is 24.8 Å². The molecule has 0 saturated heterocycles. The predicted molar refractivity (Wildman–Crippen MR) is 70.8 cm³/mol. The number of ether oxygens (including phenoxy) is 1. The van der Waals surface area contributed by atoms with E-state index in [1.165, 1.54) is 6.33 Å². The van der Waals surface area contributed by atoms with Crippen LogP contribution in [0, 0.1) is 11.3 Å². The maximum Gasteiger partial charge on any atom is 0.164 e. The zero-order chi connectivity index (χ0) is 13.7. The van der Waals surface area contributed by atoms with Crippen molar-refractivity contribution in [3.05, 3.63) is 40.9 Å². The van der Waals surface area contributed by atoms with Crippen molar-refractivity contribution in [2.45, 2.75) is 26.5 Å². The molecule has 0 amide bonds. The normalized spacial score (nSPS) is 10.2. The molecule has 98 valence electrons. The van der Waals surface area contributed by atoms with Gasteiger partial charge in [0, 0.05) is 17.6 Å². The minimum Gasteiger partial charge on any atom is -0.484 e. The van der Waals surface area contributed by atoms with Crippen molar-refractivity contribution in [3.63, 3.8) is 0 Å². The highest BCUT2D eigenvalue weighted by Gasteiger charge is 2.08. The first-order chi connectivity index (χ1) is 9.24. The Morgan fingerprint density at radius 2 is 2.32 bits per heavy atom. The first-order valence-electron chi connectivity index (χ1n) is 5.93. The number of hydrogen-bond donors (Lipinski definition) is 0. The Bertz CT molecular complexity index is 603. The number of benzene rings is 1. The number of aryl methyl sites for hydroxylation is 1. The maximum absolute atomic E-state index is 9.00. The molecule has 0 fully saturated rings. The number of nitriles is 1. The zero-order valence-corrected chi connectivity index (χ0v) is 11.3. The van der Waals surface area contributed by atoms with Gasteiger partial charge < -0.3 is 4.74 Å². The van der Waals surface area contributed by atoms with Crippen LogP contribution in [0.15, 0.2) is 24.5 Å². The molecule has 2 aromatic rings. The highest BCUT2D eigenvalue weighted by molar-refractivity contribution is 6.30. The molecule has 6 heteroatoms. The molecule has 0 aliphatic carbocycles. The van der Waals surface area contributed by atoms with Gasteiger partial charge in [0.2, 0.25) is 0 Å². The summed E-state index contributed by atoms with van der Waals surface area (Å²) >= 11 is 5.89. The van der Waals surface area contributed by atoms with E-state index in [4.69, 9.17) is 21.6 Å². The summed E-state index contributed by atoms with van der Waals surface area (Å²) < 4.78 is 7.40. The fourth-order valence-electron chi connectivity index (χ4n) is 1.65. The van der Waals surface area contributed by atoms with Gasteiger partial charge in [-0.25, -0.2) is 9.67 Å². The summed E-state index contributed by atoms with van der Waals surface area (Å²) in [4.78, 5) is 4.14. The van der Waals surface area contributed by atoms with E-state index in [2.05, 4.69) is 23.1 Å². The van der Waals surface area contributed by atoms with E-state index < -0.39 is 0 Å². The summed E-state index contributed by atoms with van der Waals surface area (Å²) in [6.07, 6.45) is 2.47. The van der Waals surface area contributed by atoms with Gasteiger partial charge in [0.05, 0.1) is 5.56 Å². The Kier molecular flexibility index (Phi) is 4.37. The molecule has 0 N–H and O–H groups in total. The molecule has 2 rings (SSSR count). The molecule has 0 atom stereocenters. The lowest BCUT2D eigenvalue weighted by atomic mass is 10.2. The Morgan fingerprint density at radius 1 is 1.47 bits per heavy atom. The van der Waals surface area contributed by atoms with Crippen molar-refractivity contribution in [2.24, 2.45) is 0 Å². The van der Waals surface area contributed by atoms with Crippen LogP contribution in [0.4, 0.5) is 0 Å². The van der Waals surface area contributed by atoms with E-state index in [1.807, 2.05) is 0 Å². The lowest BCUT2D eigenvalue weighted by Crippen LogP contribution is -2.08. The first kappa shape index (κ1) is 13.4. The summed E-state index contributed by atoms with van der Waals surface area (Å²) in [5, 5.41) is 13.6. The molecule has 0 aliphatic heterocycles. The van der Waals surface area contributed by atoms with Gasteiger partial charge in [-0.3, -0.25) is 0 Å². The van der Waals surface area contributed by atoms with Gasteiger partial charge in [0.25, 0.3) is 0 Å². The standard InChI is InChI=1S/C13H13ClN4O/c1-2-5-18-13(16-9-17-18)8-19-12-6-11(14)4-3-10(12)7-15/h3-4,6,9H,2,5,8H2,1H3. The molecule has 0 bridgehead atoms. The minimum atomic E-state index is 0.259. The monoisotopic (exact) mass is 276 g/mol. The second kappa shape index (κ2) is 6.21. The summed E-state index contributed by atoms with van der Waals surface area (Å²) in [5.41, 5.74) is 0.450. The van der Waals surface area contributed by atoms with Crippen molar-refractivity contribution < 1.29 is 4.74 Å². The molecule has 1 heterocycles. The topological polar surface area (TPSA) is 63.7 Å². The van der Waals surface area contributed by atoms with Gasteiger partial charge in [-0.15, -0.1) is 0 Å². The van der Waals surface area contributed by atoms with E-state index in [0.29, 0.717) is 16.3 Å². The number of aromatic nitrogens is 3. The molecule has 0 aliphatic rings. The van der Waals surface area contributed by atoms with E-state index >= 15 is 0 Å². The van der Waals surface area contributed by atoms with Gasteiger partial charge in [-0.1, -0.05) is 18.5 Å². The first-order valence-corrected chi connectivity index (χ1v) is 6.31. The molecule has 0 radical (unpaired) electrons.